The van der Waals surface area contributed by atoms with Crippen LogP contribution < -0.4 is 9.86 Å². The number of fused-ring (bicyclic) bond motifs is 1. The molecule has 1 atom stereocenters. The Morgan fingerprint density at radius 3 is 2.30 bits per heavy atom. The summed E-state index contributed by atoms with van der Waals surface area (Å²) in [6.07, 6.45) is -0.817. The lowest BCUT2D eigenvalue weighted by atomic mass is 10.2. The van der Waals surface area contributed by atoms with Gasteiger partial charge in [-0.2, -0.15) is 0 Å². The molecule has 4 aromatic rings. The molecule has 168 valence electrons. The molecule has 0 aliphatic carbocycles. The summed E-state index contributed by atoms with van der Waals surface area (Å²) in [4.78, 5) is 31.9. The minimum atomic E-state index is -3.79. The first kappa shape index (κ1) is 22.2. The van der Waals surface area contributed by atoms with E-state index in [0.717, 1.165) is 0 Å². The molecule has 0 fully saturated rings. The van der Waals surface area contributed by atoms with Gasteiger partial charge >= 0.3 is 5.97 Å². The van der Waals surface area contributed by atoms with Gasteiger partial charge in [-0.3, -0.25) is 9.10 Å². The number of para-hydroxylation sites is 2. The number of hydrogen-bond acceptors (Lipinski definition) is 6. The molecular formula is C24H21N3O5S. The average Bonchev–Trinajstić information content (AvgIpc) is 2.84. The van der Waals surface area contributed by atoms with Gasteiger partial charge in [0.05, 0.1) is 27.0 Å². The Bertz CT molecular complexity index is 1470. The Morgan fingerprint density at radius 2 is 1.61 bits per heavy atom. The molecule has 0 radical (unpaired) electrons. The van der Waals surface area contributed by atoms with E-state index in [-0.39, 0.29) is 21.8 Å². The highest BCUT2D eigenvalue weighted by Crippen LogP contribution is 2.23. The molecule has 4 rings (SSSR count). The highest BCUT2D eigenvalue weighted by Gasteiger charge is 2.22. The predicted molar refractivity (Wildman–Crippen MR) is 125 cm³/mol. The van der Waals surface area contributed by atoms with E-state index in [9.17, 15) is 18.0 Å². The number of hydrogen-bond donors (Lipinski definition) is 1. The highest BCUT2D eigenvalue weighted by molar-refractivity contribution is 7.92. The molecule has 1 aromatic heterocycles. The molecule has 0 saturated heterocycles. The standard InChI is InChI=1S/C24H21N3O5S/c1-16(22-25-21-11-7-6-10-20(21)23(28)26-22)32-24(29)17-12-14-19(15-13-17)33(30,31)27(2)18-8-4-3-5-9-18/h3-16H,1-2H3,(H,25,26,28). The second-order valence-corrected chi connectivity index (χ2v) is 9.32. The average molecular weight is 464 g/mol. The third kappa shape index (κ3) is 4.49. The van der Waals surface area contributed by atoms with Crippen LogP contribution in [0, 0.1) is 0 Å². The van der Waals surface area contributed by atoms with Gasteiger partial charge in [0.25, 0.3) is 15.6 Å². The molecule has 0 saturated carbocycles. The molecule has 8 nitrogen and oxygen atoms in total. The minimum Gasteiger partial charge on any atom is -0.451 e. The number of rotatable bonds is 6. The van der Waals surface area contributed by atoms with Crippen molar-refractivity contribution in [3.8, 4) is 0 Å². The van der Waals surface area contributed by atoms with Crippen LogP contribution in [0.4, 0.5) is 5.69 Å². The summed E-state index contributed by atoms with van der Waals surface area (Å²) in [6.45, 7) is 1.60. The largest absolute Gasteiger partial charge is 0.451 e. The van der Waals surface area contributed by atoms with E-state index in [1.807, 2.05) is 0 Å². The molecule has 1 N–H and O–H groups in total. The normalized spacial score (nSPS) is 12.3. The maximum absolute atomic E-state index is 12.9. The first-order valence-electron chi connectivity index (χ1n) is 10.1. The second kappa shape index (κ2) is 8.87. The number of carbonyl (C=O) groups excluding carboxylic acids is 1. The van der Waals surface area contributed by atoms with Gasteiger partial charge in [0, 0.05) is 7.05 Å². The second-order valence-electron chi connectivity index (χ2n) is 7.35. The molecular weight excluding hydrogens is 442 g/mol. The quantitative estimate of drug-likeness (QED) is 0.437. The molecule has 1 unspecified atom stereocenters. The van der Waals surface area contributed by atoms with Crippen molar-refractivity contribution in [1.82, 2.24) is 9.97 Å². The van der Waals surface area contributed by atoms with E-state index in [0.29, 0.717) is 16.6 Å². The lowest BCUT2D eigenvalue weighted by molar-refractivity contribution is 0.0320. The van der Waals surface area contributed by atoms with E-state index in [1.54, 1.807) is 61.5 Å². The summed E-state index contributed by atoms with van der Waals surface area (Å²) in [6, 6.07) is 21.0. The van der Waals surface area contributed by atoms with Crippen molar-refractivity contribution in [1.29, 1.82) is 0 Å². The number of nitrogens with one attached hydrogen (secondary N) is 1. The van der Waals surface area contributed by atoms with Crippen LogP contribution in [0.25, 0.3) is 10.9 Å². The van der Waals surface area contributed by atoms with E-state index in [1.165, 1.54) is 35.6 Å². The SMILES string of the molecule is CC(OC(=O)c1ccc(S(=O)(=O)N(C)c2ccccc2)cc1)c1nc2ccccc2c(=O)[nH]1. The van der Waals surface area contributed by atoms with Gasteiger partial charge in [-0.05, 0) is 55.5 Å². The predicted octanol–water partition coefficient (Wildman–Crippen LogP) is 3.67. The summed E-state index contributed by atoms with van der Waals surface area (Å²) < 4.78 is 32.4. The zero-order chi connectivity index (χ0) is 23.6. The molecule has 33 heavy (non-hydrogen) atoms. The van der Waals surface area contributed by atoms with Crippen molar-refractivity contribution in [3.05, 3.63) is 101 Å². The zero-order valence-electron chi connectivity index (χ0n) is 17.9. The van der Waals surface area contributed by atoms with Gasteiger partial charge in [0.2, 0.25) is 0 Å². The fourth-order valence-corrected chi connectivity index (χ4v) is 4.47. The summed E-state index contributed by atoms with van der Waals surface area (Å²) >= 11 is 0. The Morgan fingerprint density at radius 1 is 0.970 bits per heavy atom. The van der Waals surface area contributed by atoms with E-state index < -0.39 is 22.1 Å². The van der Waals surface area contributed by atoms with Crippen LogP contribution in [-0.2, 0) is 14.8 Å². The Labute approximate surface area is 190 Å². The van der Waals surface area contributed by atoms with Gasteiger partial charge in [-0.15, -0.1) is 0 Å². The number of aromatic nitrogens is 2. The van der Waals surface area contributed by atoms with Crippen LogP contribution in [-0.4, -0.2) is 31.4 Å². The van der Waals surface area contributed by atoms with E-state index in [4.69, 9.17) is 4.74 Å². The molecule has 0 amide bonds. The zero-order valence-corrected chi connectivity index (χ0v) is 18.7. The molecule has 1 heterocycles. The van der Waals surface area contributed by atoms with Crippen molar-refractivity contribution in [2.75, 3.05) is 11.4 Å². The van der Waals surface area contributed by atoms with Crippen molar-refractivity contribution < 1.29 is 17.9 Å². The maximum atomic E-state index is 12.9. The van der Waals surface area contributed by atoms with Crippen molar-refractivity contribution in [3.63, 3.8) is 0 Å². The van der Waals surface area contributed by atoms with Gasteiger partial charge in [-0.25, -0.2) is 18.2 Å². The van der Waals surface area contributed by atoms with E-state index in [2.05, 4.69) is 9.97 Å². The number of aromatic amines is 1. The van der Waals surface area contributed by atoms with Crippen LogP contribution >= 0.6 is 0 Å². The first-order valence-corrected chi connectivity index (χ1v) is 11.6. The van der Waals surface area contributed by atoms with E-state index >= 15 is 0 Å². The molecule has 9 heteroatoms. The number of esters is 1. The van der Waals surface area contributed by atoms with Crippen molar-refractivity contribution in [2.45, 2.75) is 17.9 Å². The number of sulfonamides is 1. The van der Waals surface area contributed by atoms with Gasteiger partial charge in [-0.1, -0.05) is 30.3 Å². The van der Waals surface area contributed by atoms with Crippen LogP contribution in [0.1, 0.15) is 29.2 Å². The summed E-state index contributed by atoms with van der Waals surface area (Å²) in [5.74, 6) is -0.450. The topological polar surface area (TPSA) is 109 Å². The Kier molecular flexibility index (Phi) is 5.97. The van der Waals surface area contributed by atoms with Crippen LogP contribution in [0.2, 0.25) is 0 Å². The van der Waals surface area contributed by atoms with Crippen molar-refractivity contribution in [2.24, 2.45) is 0 Å². The minimum absolute atomic E-state index is 0.0407. The Hall–Kier alpha value is -3.98. The van der Waals surface area contributed by atoms with Gasteiger partial charge in [0.1, 0.15) is 0 Å². The number of benzene rings is 3. The van der Waals surface area contributed by atoms with Crippen LogP contribution in [0.5, 0.6) is 0 Å². The number of carbonyl (C=O) groups is 1. The smallest absolute Gasteiger partial charge is 0.338 e. The molecule has 0 aliphatic rings. The number of anilines is 1. The fourth-order valence-electron chi connectivity index (χ4n) is 3.28. The number of H-pyrrole nitrogens is 1. The third-order valence-corrected chi connectivity index (χ3v) is 6.97. The Balaban J connectivity index is 1.51. The lowest BCUT2D eigenvalue weighted by Gasteiger charge is -2.19. The van der Waals surface area contributed by atoms with Crippen LogP contribution in [0.15, 0.2) is 88.6 Å². The fraction of sp³-hybridized carbons (Fsp3) is 0.125. The number of ether oxygens (including phenoxy) is 1. The molecule has 3 aromatic carbocycles. The maximum Gasteiger partial charge on any atom is 0.338 e. The monoisotopic (exact) mass is 463 g/mol. The molecule has 0 bridgehead atoms. The molecule has 0 spiro atoms. The first-order chi connectivity index (χ1) is 15.8. The van der Waals surface area contributed by atoms with Gasteiger partial charge < -0.3 is 9.72 Å². The van der Waals surface area contributed by atoms with Gasteiger partial charge in [0.15, 0.2) is 11.9 Å². The lowest BCUT2D eigenvalue weighted by Crippen LogP contribution is -2.26. The van der Waals surface area contributed by atoms with Crippen molar-refractivity contribution >= 4 is 32.6 Å². The number of nitrogens with zero attached hydrogens (tertiary/aromatic N) is 2. The third-order valence-electron chi connectivity index (χ3n) is 5.17. The highest BCUT2D eigenvalue weighted by atomic mass is 32.2. The summed E-state index contributed by atoms with van der Waals surface area (Å²) in [5, 5.41) is 0.442. The van der Waals surface area contributed by atoms with Crippen LogP contribution in [0.3, 0.4) is 0 Å². The summed E-state index contributed by atoms with van der Waals surface area (Å²) in [7, 11) is -2.33. The molecule has 0 aliphatic heterocycles. The summed E-state index contributed by atoms with van der Waals surface area (Å²) in [5.41, 5.74) is 0.866.